The molecule has 9 heteroatoms. The molecule has 7 nitrogen and oxygen atoms in total. The molecule has 192 valence electrons. The minimum absolute atomic E-state index is 0.0282. The Balaban J connectivity index is 1.48. The van der Waals surface area contributed by atoms with Crippen LogP contribution in [0.25, 0.3) is 0 Å². The molecule has 2 atom stereocenters. The topological polar surface area (TPSA) is 89.7 Å². The minimum Gasteiger partial charge on any atom is -0.511 e. The van der Waals surface area contributed by atoms with Crippen LogP contribution in [0.1, 0.15) is 52.4 Å². The van der Waals surface area contributed by atoms with E-state index in [-0.39, 0.29) is 30.7 Å². The number of allylic oxidation sites excluding steroid dienone is 2. The number of hydrogen-bond donors (Lipinski definition) is 1. The molecule has 2 aliphatic rings. The van der Waals surface area contributed by atoms with Gasteiger partial charge in [-0.1, -0.05) is 35.3 Å². The summed E-state index contributed by atoms with van der Waals surface area (Å²) >= 11 is 7.80. The van der Waals surface area contributed by atoms with Crippen molar-refractivity contribution in [3.8, 4) is 5.75 Å². The number of nitrogens with zero attached hydrogens (tertiary/aromatic N) is 2. The van der Waals surface area contributed by atoms with Crippen LogP contribution in [0.4, 0.5) is 0 Å². The Morgan fingerprint density at radius 1 is 1.14 bits per heavy atom. The summed E-state index contributed by atoms with van der Waals surface area (Å²) in [5.41, 5.74) is 1.45. The van der Waals surface area contributed by atoms with Crippen molar-refractivity contribution in [1.82, 2.24) is 0 Å². The summed E-state index contributed by atoms with van der Waals surface area (Å²) < 4.78 is 5.55. The fraction of sp³-hybridized carbons (Fsp3) is 0.577. The number of aliphatic hydroxyl groups is 1. The highest BCUT2D eigenvalue weighted by Crippen LogP contribution is 2.38. The van der Waals surface area contributed by atoms with E-state index in [1.807, 2.05) is 18.7 Å². The molecule has 1 heterocycles. The lowest BCUT2D eigenvalue weighted by atomic mass is 9.76. The molecular formula is C26H35ClN2O5S. The molecule has 0 aromatic heterocycles. The second kappa shape index (κ2) is 14.4. The van der Waals surface area contributed by atoms with Gasteiger partial charge in [-0.2, -0.15) is 11.8 Å². The number of hydrogen-bond acceptors (Lipinski definition) is 8. The van der Waals surface area contributed by atoms with Crippen molar-refractivity contribution in [2.45, 2.75) is 52.4 Å². The zero-order valence-electron chi connectivity index (χ0n) is 20.5. The Morgan fingerprint density at radius 3 is 2.63 bits per heavy atom. The highest BCUT2D eigenvalue weighted by molar-refractivity contribution is 7.99. The number of halogens is 1. The number of ether oxygens (including phenoxy) is 1. The first-order valence-corrected chi connectivity index (χ1v) is 13.8. The molecule has 1 aliphatic carbocycles. The zero-order chi connectivity index (χ0) is 25.0. The molecule has 1 N–H and O–H groups in total. The van der Waals surface area contributed by atoms with Crippen LogP contribution in [-0.4, -0.2) is 53.6 Å². The molecule has 1 fully saturated rings. The number of carbonyl (C=O) groups is 1. The van der Waals surface area contributed by atoms with Crippen LogP contribution in [0.2, 0.25) is 5.02 Å². The van der Waals surface area contributed by atoms with Gasteiger partial charge in [-0.25, -0.2) is 0 Å². The first kappa shape index (κ1) is 27.4. The SMILES string of the molecule is CCCC(=NOCC(C)=NOCCOc1ccc(Cl)cc1)C1=C(O)CC(C2CCCSC2)CC1=O. The number of aliphatic hydroxyl groups excluding tert-OH is 1. The number of Topliss-reactive ketones (excluding diaryl/α,β-unsaturated/α-hetero) is 1. The summed E-state index contributed by atoms with van der Waals surface area (Å²) in [4.78, 5) is 23.7. The van der Waals surface area contributed by atoms with Gasteiger partial charge < -0.3 is 19.5 Å². The predicted molar refractivity (Wildman–Crippen MR) is 142 cm³/mol. The Kier molecular flexibility index (Phi) is 11.3. The van der Waals surface area contributed by atoms with Crippen LogP contribution in [0, 0.1) is 11.8 Å². The van der Waals surface area contributed by atoms with Crippen molar-refractivity contribution >= 4 is 40.6 Å². The molecule has 1 aliphatic heterocycles. The van der Waals surface area contributed by atoms with E-state index in [9.17, 15) is 9.90 Å². The van der Waals surface area contributed by atoms with E-state index in [0.29, 0.717) is 59.6 Å². The number of thioether (sulfide) groups is 1. The molecule has 0 bridgehead atoms. The molecule has 1 aromatic carbocycles. The molecule has 1 aromatic rings. The maximum atomic E-state index is 13.0. The third-order valence-corrected chi connectivity index (χ3v) is 7.53. The summed E-state index contributed by atoms with van der Waals surface area (Å²) in [5, 5.41) is 19.6. The van der Waals surface area contributed by atoms with Crippen molar-refractivity contribution in [3.63, 3.8) is 0 Å². The third-order valence-electron chi connectivity index (χ3n) is 6.03. The van der Waals surface area contributed by atoms with Gasteiger partial charge in [0.25, 0.3) is 0 Å². The molecule has 0 saturated carbocycles. The Labute approximate surface area is 216 Å². The van der Waals surface area contributed by atoms with Crippen LogP contribution in [0.3, 0.4) is 0 Å². The van der Waals surface area contributed by atoms with E-state index in [2.05, 4.69) is 10.3 Å². The Hall–Kier alpha value is -2.19. The van der Waals surface area contributed by atoms with Gasteiger partial charge in [0.15, 0.2) is 19.0 Å². The average molecular weight is 523 g/mol. The lowest BCUT2D eigenvalue weighted by Crippen LogP contribution is -2.30. The van der Waals surface area contributed by atoms with Gasteiger partial charge in [0, 0.05) is 17.9 Å². The number of benzene rings is 1. The predicted octanol–water partition coefficient (Wildman–Crippen LogP) is 6.22. The van der Waals surface area contributed by atoms with Crippen molar-refractivity contribution < 1.29 is 24.3 Å². The van der Waals surface area contributed by atoms with Gasteiger partial charge >= 0.3 is 0 Å². The molecular weight excluding hydrogens is 488 g/mol. The summed E-state index contributed by atoms with van der Waals surface area (Å²) in [7, 11) is 0. The van der Waals surface area contributed by atoms with E-state index < -0.39 is 0 Å². The normalized spacial score (nSPS) is 21.7. The zero-order valence-corrected chi connectivity index (χ0v) is 22.1. The Bertz CT molecular complexity index is 926. The van der Waals surface area contributed by atoms with Crippen LogP contribution in [0.15, 0.2) is 45.9 Å². The lowest BCUT2D eigenvalue weighted by Gasteiger charge is -2.32. The van der Waals surface area contributed by atoms with E-state index in [1.165, 1.54) is 12.2 Å². The number of rotatable bonds is 12. The molecule has 2 unspecified atom stereocenters. The van der Waals surface area contributed by atoms with Gasteiger partial charge in [0.05, 0.1) is 17.0 Å². The van der Waals surface area contributed by atoms with Crippen molar-refractivity contribution in [1.29, 1.82) is 0 Å². The highest BCUT2D eigenvalue weighted by atomic mass is 35.5. The quantitative estimate of drug-likeness (QED) is 0.199. The number of ketones is 1. The van der Waals surface area contributed by atoms with Crippen LogP contribution < -0.4 is 4.74 Å². The summed E-state index contributed by atoms with van der Waals surface area (Å²) in [5.74, 6) is 3.83. The van der Waals surface area contributed by atoms with Crippen LogP contribution in [0.5, 0.6) is 5.75 Å². The van der Waals surface area contributed by atoms with Gasteiger partial charge in [-0.05, 0) is 73.8 Å². The van der Waals surface area contributed by atoms with E-state index in [1.54, 1.807) is 31.2 Å². The molecule has 35 heavy (non-hydrogen) atoms. The monoisotopic (exact) mass is 522 g/mol. The molecule has 1 saturated heterocycles. The molecule has 0 amide bonds. The van der Waals surface area contributed by atoms with Crippen molar-refractivity contribution in [2.75, 3.05) is 31.3 Å². The fourth-order valence-corrected chi connectivity index (χ4v) is 5.69. The third kappa shape index (κ3) is 8.76. The minimum atomic E-state index is -0.0282. The summed E-state index contributed by atoms with van der Waals surface area (Å²) in [6.07, 6.45) is 4.69. The van der Waals surface area contributed by atoms with Crippen LogP contribution in [-0.2, 0) is 14.5 Å². The number of carbonyl (C=O) groups excluding carboxylic acids is 1. The first-order valence-electron chi connectivity index (χ1n) is 12.2. The van der Waals surface area contributed by atoms with Crippen molar-refractivity contribution in [2.24, 2.45) is 22.1 Å². The largest absolute Gasteiger partial charge is 0.511 e. The average Bonchev–Trinajstić information content (AvgIpc) is 2.85. The second-order valence-electron chi connectivity index (χ2n) is 8.91. The van der Waals surface area contributed by atoms with Crippen LogP contribution >= 0.6 is 23.4 Å². The summed E-state index contributed by atoms with van der Waals surface area (Å²) in [6.45, 7) is 4.52. The van der Waals surface area contributed by atoms with E-state index in [0.717, 1.165) is 18.6 Å². The fourth-order valence-electron chi connectivity index (χ4n) is 4.29. The van der Waals surface area contributed by atoms with Gasteiger partial charge in [0.1, 0.15) is 18.1 Å². The van der Waals surface area contributed by atoms with Gasteiger partial charge in [-0.15, -0.1) is 0 Å². The maximum absolute atomic E-state index is 13.0. The Morgan fingerprint density at radius 2 is 1.94 bits per heavy atom. The van der Waals surface area contributed by atoms with Gasteiger partial charge in [0.2, 0.25) is 0 Å². The first-order chi connectivity index (χ1) is 17.0. The standard InChI is InChI=1S/C26H35ClN2O5S/c1-3-5-23(26-24(30)14-20(15-25(26)31)19-6-4-13-35-17-19)29-34-16-18(2)28-33-12-11-32-22-9-7-21(27)8-10-22/h7-10,19-20,30H,3-6,11-17H2,1-2H3. The maximum Gasteiger partial charge on any atom is 0.168 e. The summed E-state index contributed by atoms with van der Waals surface area (Å²) in [6, 6.07) is 7.09. The lowest BCUT2D eigenvalue weighted by molar-refractivity contribution is -0.117. The molecule has 0 spiro atoms. The highest BCUT2D eigenvalue weighted by Gasteiger charge is 2.35. The smallest absolute Gasteiger partial charge is 0.168 e. The molecule has 0 radical (unpaired) electrons. The molecule has 3 rings (SSSR count). The van der Waals surface area contributed by atoms with Gasteiger partial charge in [-0.3, -0.25) is 4.79 Å². The number of oxime groups is 2. The van der Waals surface area contributed by atoms with E-state index in [4.69, 9.17) is 26.0 Å². The second-order valence-corrected chi connectivity index (χ2v) is 10.5. The van der Waals surface area contributed by atoms with Crippen molar-refractivity contribution in [3.05, 3.63) is 40.6 Å². The van der Waals surface area contributed by atoms with E-state index >= 15 is 0 Å².